The summed E-state index contributed by atoms with van der Waals surface area (Å²) >= 11 is 5.97. The van der Waals surface area contributed by atoms with Crippen LogP contribution in [-0.2, 0) is 6.54 Å². The molecule has 1 fully saturated rings. The molecule has 2 aromatic rings. The van der Waals surface area contributed by atoms with Crippen molar-refractivity contribution in [1.29, 1.82) is 0 Å². The van der Waals surface area contributed by atoms with Crippen LogP contribution in [0, 0.1) is 0 Å². The van der Waals surface area contributed by atoms with E-state index in [2.05, 4.69) is 10.3 Å². The normalized spacial score (nSPS) is 18.2. The van der Waals surface area contributed by atoms with Crippen molar-refractivity contribution in [2.45, 2.75) is 37.8 Å². The van der Waals surface area contributed by atoms with Crippen molar-refractivity contribution >= 4 is 22.5 Å². The summed E-state index contributed by atoms with van der Waals surface area (Å²) < 4.78 is 0. The lowest BCUT2D eigenvalue weighted by Gasteiger charge is -2.22. The molecule has 0 aliphatic heterocycles. The first-order valence-electron chi connectivity index (χ1n) is 6.85. The van der Waals surface area contributed by atoms with E-state index >= 15 is 0 Å². The van der Waals surface area contributed by atoms with Crippen molar-refractivity contribution in [2.24, 2.45) is 0 Å². The maximum atomic E-state index is 10.3. The van der Waals surface area contributed by atoms with Crippen molar-refractivity contribution in [3.8, 4) is 0 Å². The summed E-state index contributed by atoms with van der Waals surface area (Å²) in [6, 6.07) is 5.88. The minimum Gasteiger partial charge on any atom is -0.389 e. The molecule has 1 aliphatic rings. The van der Waals surface area contributed by atoms with Crippen LogP contribution in [0.3, 0.4) is 0 Å². The minimum absolute atomic E-state index is 0.491. The summed E-state index contributed by atoms with van der Waals surface area (Å²) in [5.74, 6) is 0. The van der Waals surface area contributed by atoms with E-state index in [0.717, 1.165) is 42.8 Å². The van der Waals surface area contributed by atoms with Gasteiger partial charge in [0.15, 0.2) is 0 Å². The van der Waals surface area contributed by atoms with Gasteiger partial charge in [-0.2, -0.15) is 0 Å². The van der Waals surface area contributed by atoms with Gasteiger partial charge in [0, 0.05) is 35.2 Å². The van der Waals surface area contributed by atoms with Crippen LogP contribution in [0.4, 0.5) is 0 Å². The molecule has 4 heteroatoms. The van der Waals surface area contributed by atoms with Crippen LogP contribution in [0.15, 0.2) is 24.4 Å². The van der Waals surface area contributed by atoms with Crippen LogP contribution in [0.2, 0.25) is 5.02 Å². The Kier molecular flexibility index (Phi) is 3.52. The minimum atomic E-state index is -0.491. The van der Waals surface area contributed by atoms with Gasteiger partial charge in [-0.1, -0.05) is 30.5 Å². The third kappa shape index (κ3) is 2.78. The molecule has 3 N–H and O–H groups in total. The van der Waals surface area contributed by atoms with Crippen LogP contribution >= 0.6 is 11.6 Å². The molecule has 0 saturated heterocycles. The third-order valence-electron chi connectivity index (χ3n) is 4.03. The van der Waals surface area contributed by atoms with Gasteiger partial charge < -0.3 is 15.4 Å². The van der Waals surface area contributed by atoms with E-state index in [-0.39, 0.29) is 0 Å². The highest BCUT2D eigenvalue weighted by Crippen LogP contribution is 2.29. The quantitative estimate of drug-likeness (QED) is 0.804. The van der Waals surface area contributed by atoms with Gasteiger partial charge >= 0.3 is 0 Å². The van der Waals surface area contributed by atoms with Crippen LogP contribution in [-0.4, -0.2) is 22.2 Å². The molecular weight excluding hydrogens is 260 g/mol. The monoisotopic (exact) mass is 278 g/mol. The van der Waals surface area contributed by atoms with Gasteiger partial charge in [0.2, 0.25) is 0 Å². The Morgan fingerprint density at radius 1 is 1.32 bits per heavy atom. The lowest BCUT2D eigenvalue weighted by atomic mass is 10.0. The molecule has 0 bridgehead atoms. The van der Waals surface area contributed by atoms with Gasteiger partial charge in [-0.25, -0.2) is 0 Å². The summed E-state index contributed by atoms with van der Waals surface area (Å²) in [5, 5.41) is 15.6. The van der Waals surface area contributed by atoms with Gasteiger partial charge in [0.25, 0.3) is 0 Å². The van der Waals surface area contributed by atoms with Crippen molar-refractivity contribution in [2.75, 3.05) is 6.54 Å². The second-order valence-corrected chi connectivity index (χ2v) is 5.98. The summed E-state index contributed by atoms with van der Waals surface area (Å²) in [7, 11) is 0. The number of aliphatic hydroxyl groups is 1. The first-order chi connectivity index (χ1) is 9.16. The number of halogens is 1. The van der Waals surface area contributed by atoms with Crippen LogP contribution in [0.1, 0.15) is 31.2 Å². The number of benzene rings is 1. The third-order valence-corrected chi connectivity index (χ3v) is 4.27. The fourth-order valence-electron chi connectivity index (χ4n) is 2.94. The highest BCUT2D eigenvalue weighted by atomic mass is 35.5. The molecule has 0 atom stereocenters. The van der Waals surface area contributed by atoms with Crippen LogP contribution in [0.25, 0.3) is 10.9 Å². The Hall–Kier alpha value is -1.03. The van der Waals surface area contributed by atoms with Gasteiger partial charge in [0.1, 0.15) is 0 Å². The smallest absolute Gasteiger partial charge is 0.0771 e. The zero-order chi connectivity index (χ0) is 13.3. The van der Waals surface area contributed by atoms with Gasteiger partial charge in [-0.15, -0.1) is 0 Å². The number of rotatable bonds is 4. The zero-order valence-corrected chi connectivity index (χ0v) is 11.6. The Morgan fingerprint density at radius 3 is 2.89 bits per heavy atom. The van der Waals surface area contributed by atoms with Gasteiger partial charge in [0.05, 0.1) is 5.60 Å². The van der Waals surface area contributed by atoms with Crippen molar-refractivity contribution in [3.63, 3.8) is 0 Å². The molecule has 19 heavy (non-hydrogen) atoms. The number of aromatic nitrogens is 1. The summed E-state index contributed by atoms with van der Waals surface area (Å²) in [4.78, 5) is 3.23. The summed E-state index contributed by atoms with van der Waals surface area (Å²) in [5.41, 5.74) is 1.78. The molecule has 0 unspecified atom stereocenters. The summed E-state index contributed by atoms with van der Waals surface area (Å²) in [6.07, 6.45) is 6.13. The van der Waals surface area contributed by atoms with E-state index in [1.54, 1.807) is 0 Å². The maximum Gasteiger partial charge on any atom is 0.0771 e. The average molecular weight is 279 g/mol. The van der Waals surface area contributed by atoms with Crippen molar-refractivity contribution < 1.29 is 5.11 Å². The number of hydrogen-bond donors (Lipinski definition) is 3. The molecule has 1 heterocycles. The molecule has 0 amide bonds. The van der Waals surface area contributed by atoms with E-state index in [4.69, 9.17) is 11.6 Å². The van der Waals surface area contributed by atoms with E-state index in [1.807, 2.05) is 24.4 Å². The SMILES string of the molecule is OC1(CNCc2c[nH]c3cc(Cl)ccc23)CCCC1. The predicted molar refractivity (Wildman–Crippen MR) is 78.4 cm³/mol. The number of aromatic amines is 1. The molecule has 1 aromatic carbocycles. The molecule has 1 aromatic heterocycles. The fourth-order valence-corrected chi connectivity index (χ4v) is 3.12. The predicted octanol–water partition coefficient (Wildman–Crippen LogP) is 3.22. The number of hydrogen-bond acceptors (Lipinski definition) is 2. The highest BCUT2D eigenvalue weighted by molar-refractivity contribution is 6.31. The average Bonchev–Trinajstić information content (AvgIpc) is 2.97. The Bertz CT molecular complexity index is 573. The lowest BCUT2D eigenvalue weighted by molar-refractivity contribution is 0.0475. The zero-order valence-electron chi connectivity index (χ0n) is 10.9. The maximum absolute atomic E-state index is 10.3. The van der Waals surface area contributed by atoms with E-state index in [1.165, 1.54) is 10.9 Å². The van der Waals surface area contributed by atoms with Crippen molar-refractivity contribution in [3.05, 3.63) is 35.0 Å². The number of nitrogens with one attached hydrogen (secondary N) is 2. The number of fused-ring (bicyclic) bond motifs is 1. The molecule has 0 spiro atoms. The molecule has 1 saturated carbocycles. The second-order valence-electron chi connectivity index (χ2n) is 5.54. The Morgan fingerprint density at radius 2 is 2.11 bits per heavy atom. The topological polar surface area (TPSA) is 48.0 Å². The van der Waals surface area contributed by atoms with Crippen LogP contribution in [0.5, 0.6) is 0 Å². The second kappa shape index (κ2) is 5.16. The lowest BCUT2D eigenvalue weighted by Crippen LogP contribution is -2.37. The Labute approximate surface area is 118 Å². The van der Waals surface area contributed by atoms with E-state index in [9.17, 15) is 5.11 Å². The Balaban J connectivity index is 1.65. The van der Waals surface area contributed by atoms with E-state index in [0.29, 0.717) is 6.54 Å². The molecule has 3 nitrogen and oxygen atoms in total. The molecule has 3 rings (SSSR count). The molecule has 0 radical (unpaired) electrons. The van der Waals surface area contributed by atoms with Gasteiger partial charge in [-0.3, -0.25) is 0 Å². The number of H-pyrrole nitrogens is 1. The standard InChI is InChI=1S/C15H19ClN2O/c16-12-3-4-13-11(9-18-14(13)7-12)8-17-10-15(19)5-1-2-6-15/h3-4,7,9,17-19H,1-2,5-6,8,10H2. The summed E-state index contributed by atoms with van der Waals surface area (Å²) in [6.45, 7) is 1.44. The van der Waals surface area contributed by atoms with Gasteiger partial charge in [-0.05, 0) is 30.5 Å². The first-order valence-corrected chi connectivity index (χ1v) is 7.23. The van der Waals surface area contributed by atoms with Crippen LogP contribution < -0.4 is 5.32 Å². The molecular formula is C15H19ClN2O. The highest BCUT2D eigenvalue weighted by Gasteiger charge is 2.30. The largest absolute Gasteiger partial charge is 0.389 e. The van der Waals surface area contributed by atoms with Crippen molar-refractivity contribution in [1.82, 2.24) is 10.3 Å². The molecule has 1 aliphatic carbocycles. The first kappa shape index (κ1) is 13.0. The van der Waals surface area contributed by atoms with E-state index < -0.39 is 5.60 Å². The molecule has 102 valence electrons. The fraction of sp³-hybridized carbons (Fsp3) is 0.467.